The third-order valence-electron chi connectivity index (χ3n) is 6.52. The van der Waals surface area contributed by atoms with E-state index in [9.17, 15) is 4.79 Å². The molecule has 36 heavy (non-hydrogen) atoms. The molecule has 0 aliphatic carbocycles. The Balaban J connectivity index is 1.39. The van der Waals surface area contributed by atoms with Crippen LogP contribution in [-0.2, 0) is 17.8 Å². The Morgan fingerprint density at radius 1 is 1.11 bits per heavy atom. The third-order valence-corrected chi connectivity index (χ3v) is 6.88. The number of aromatic nitrogens is 2. The van der Waals surface area contributed by atoms with E-state index in [0.717, 1.165) is 34.8 Å². The number of amides is 1. The normalized spacial score (nSPS) is 17.2. The lowest BCUT2D eigenvalue weighted by atomic mass is 10.0. The van der Waals surface area contributed by atoms with Gasteiger partial charge in [0.2, 0.25) is 5.91 Å². The van der Waals surface area contributed by atoms with Gasteiger partial charge in [0.15, 0.2) is 5.11 Å². The largest absolute Gasteiger partial charge is 0.467 e. The number of pyridine rings is 1. The number of carbonyl (C=O) groups excluding carboxylic acids is 1. The number of furan rings is 1. The minimum atomic E-state index is -0.146. The van der Waals surface area contributed by atoms with Gasteiger partial charge in [0.25, 0.3) is 0 Å². The molecule has 1 aliphatic heterocycles. The Hall–Kier alpha value is -3.91. The van der Waals surface area contributed by atoms with Crippen molar-refractivity contribution in [3.05, 3.63) is 108 Å². The van der Waals surface area contributed by atoms with Crippen molar-refractivity contribution >= 4 is 28.9 Å². The van der Waals surface area contributed by atoms with E-state index >= 15 is 0 Å². The number of hydrogen-bond donors (Lipinski definition) is 2. The van der Waals surface area contributed by atoms with Crippen molar-refractivity contribution in [2.24, 2.45) is 0 Å². The predicted octanol–water partition coefficient (Wildman–Crippen LogP) is 5.09. The summed E-state index contributed by atoms with van der Waals surface area (Å²) in [7, 11) is 0. The molecule has 5 rings (SSSR count). The van der Waals surface area contributed by atoms with Crippen LogP contribution in [-0.4, -0.2) is 32.0 Å². The Bertz CT molecular complexity index is 1320. The molecule has 1 saturated heterocycles. The smallest absolute Gasteiger partial charge is 0.226 e. The van der Waals surface area contributed by atoms with E-state index in [1.54, 1.807) is 12.5 Å². The molecule has 1 fully saturated rings. The van der Waals surface area contributed by atoms with Crippen LogP contribution in [0.2, 0.25) is 0 Å². The molecule has 4 heterocycles. The van der Waals surface area contributed by atoms with E-state index in [0.29, 0.717) is 24.6 Å². The monoisotopic (exact) mass is 499 g/mol. The Kier molecular flexibility index (Phi) is 7.13. The first kappa shape index (κ1) is 23.8. The molecule has 1 aliphatic rings. The van der Waals surface area contributed by atoms with Gasteiger partial charge >= 0.3 is 0 Å². The van der Waals surface area contributed by atoms with Gasteiger partial charge in [-0.1, -0.05) is 31.2 Å². The number of nitrogens with one attached hydrogen (secondary N) is 2. The van der Waals surface area contributed by atoms with Crippen LogP contribution in [0.25, 0.3) is 0 Å². The summed E-state index contributed by atoms with van der Waals surface area (Å²) in [4.78, 5) is 19.7. The lowest BCUT2D eigenvalue weighted by molar-refractivity contribution is -0.116. The summed E-state index contributed by atoms with van der Waals surface area (Å²) in [5.74, 6) is 0.834. The second-order valence-electron chi connectivity index (χ2n) is 8.77. The Morgan fingerprint density at radius 2 is 1.97 bits per heavy atom. The standard InChI is InChI=1S/C28H29N5O2S/c1-2-20-9-3-4-11-22(20)30-25(34)14-17-33-27(26(31-28(33)36)23-12-5-6-15-29-23)24-13-7-16-32(24)19-21-10-8-18-35-21/h3-13,15-16,18,26-27H,2,14,17,19H2,1H3,(H,30,34)(H,31,36). The molecule has 2 unspecified atom stereocenters. The number of benzene rings is 1. The number of anilines is 1. The van der Waals surface area contributed by atoms with Gasteiger partial charge in [-0.2, -0.15) is 0 Å². The fraction of sp³-hybridized carbons (Fsp3) is 0.250. The lowest BCUT2D eigenvalue weighted by Crippen LogP contribution is -2.33. The molecule has 2 N–H and O–H groups in total. The fourth-order valence-corrected chi connectivity index (χ4v) is 5.10. The highest BCUT2D eigenvalue weighted by Crippen LogP contribution is 2.39. The van der Waals surface area contributed by atoms with Crippen LogP contribution in [0.15, 0.2) is 89.8 Å². The van der Waals surface area contributed by atoms with Gasteiger partial charge in [-0.3, -0.25) is 9.78 Å². The van der Waals surface area contributed by atoms with Crippen molar-refractivity contribution in [3.8, 4) is 0 Å². The topological polar surface area (TPSA) is 75.3 Å². The molecule has 1 aromatic carbocycles. The number of carbonyl (C=O) groups is 1. The van der Waals surface area contributed by atoms with E-state index in [-0.39, 0.29) is 18.0 Å². The van der Waals surface area contributed by atoms with E-state index in [1.807, 2.05) is 66.9 Å². The van der Waals surface area contributed by atoms with Crippen LogP contribution in [0.4, 0.5) is 5.69 Å². The highest BCUT2D eigenvalue weighted by atomic mass is 32.1. The zero-order chi connectivity index (χ0) is 24.9. The summed E-state index contributed by atoms with van der Waals surface area (Å²) in [6, 6.07) is 21.5. The Morgan fingerprint density at radius 3 is 2.75 bits per heavy atom. The molecule has 0 saturated carbocycles. The second kappa shape index (κ2) is 10.8. The Labute approximate surface area is 216 Å². The van der Waals surface area contributed by atoms with Crippen LogP contribution in [0, 0.1) is 0 Å². The van der Waals surface area contributed by atoms with Gasteiger partial charge in [-0.25, -0.2) is 0 Å². The average molecular weight is 500 g/mol. The summed E-state index contributed by atoms with van der Waals surface area (Å²) >= 11 is 5.78. The van der Waals surface area contributed by atoms with Gasteiger partial charge in [0.05, 0.1) is 30.6 Å². The quantitative estimate of drug-likeness (QED) is 0.313. The van der Waals surface area contributed by atoms with Crippen molar-refractivity contribution < 1.29 is 9.21 Å². The molecule has 0 spiro atoms. The highest BCUT2D eigenvalue weighted by Gasteiger charge is 2.41. The third kappa shape index (κ3) is 5.04. The molecular formula is C28H29N5O2S. The van der Waals surface area contributed by atoms with Crippen LogP contribution < -0.4 is 10.6 Å². The number of hydrogen-bond acceptors (Lipinski definition) is 4. The predicted molar refractivity (Wildman–Crippen MR) is 143 cm³/mol. The summed E-state index contributed by atoms with van der Waals surface area (Å²) in [6.07, 6.45) is 6.69. The fourth-order valence-electron chi connectivity index (χ4n) is 4.76. The van der Waals surface area contributed by atoms with E-state index in [2.05, 4.69) is 38.1 Å². The maximum Gasteiger partial charge on any atom is 0.226 e. The minimum absolute atomic E-state index is 0.0373. The first-order valence-electron chi connectivity index (χ1n) is 12.2. The van der Waals surface area contributed by atoms with Gasteiger partial charge in [0, 0.05) is 36.7 Å². The summed E-state index contributed by atoms with van der Waals surface area (Å²) in [5, 5.41) is 7.15. The minimum Gasteiger partial charge on any atom is -0.467 e. The highest BCUT2D eigenvalue weighted by molar-refractivity contribution is 7.80. The summed E-state index contributed by atoms with van der Waals surface area (Å²) in [6.45, 7) is 3.17. The van der Waals surface area contributed by atoms with Gasteiger partial charge < -0.3 is 24.5 Å². The van der Waals surface area contributed by atoms with Gasteiger partial charge in [-0.15, -0.1) is 0 Å². The molecule has 0 bridgehead atoms. The number of thiocarbonyl (C=S) groups is 1. The number of nitrogens with zero attached hydrogens (tertiary/aromatic N) is 3. The summed E-state index contributed by atoms with van der Waals surface area (Å²) < 4.78 is 7.76. The van der Waals surface area contributed by atoms with Crippen molar-refractivity contribution in [1.29, 1.82) is 0 Å². The SMILES string of the molecule is CCc1ccccc1NC(=O)CCN1C(=S)NC(c2ccccn2)C1c1cccn1Cc1ccco1. The maximum atomic E-state index is 12.9. The first-order chi connectivity index (χ1) is 17.6. The van der Waals surface area contributed by atoms with Crippen molar-refractivity contribution in [2.45, 2.75) is 38.4 Å². The average Bonchev–Trinajstić information content (AvgIpc) is 3.65. The molecule has 1 amide bonds. The van der Waals surface area contributed by atoms with Crippen molar-refractivity contribution in [2.75, 3.05) is 11.9 Å². The molecule has 3 aromatic heterocycles. The zero-order valence-electron chi connectivity index (χ0n) is 20.1. The molecule has 8 heteroatoms. The second-order valence-corrected chi connectivity index (χ2v) is 9.16. The van der Waals surface area contributed by atoms with Crippen LogP contribution in [0.5, 0.6) is 0 Å². The molecule has 184 valence electrons. The van der Waals surface area contributed by atoms with Crippen molar-refractivity contribution in [1.82, 2.24) is 19.8 Å². The molecule has 2 atom stereocenters. The van der Waals surface area contributed by atoms with Crippen LogP contribution >= 0.6 is 12.2 Å². The van der Waals surface area contributed by atoms with Crippen LogP contribution in [0.3, 0.4) is 0 Å². The molecular weight excluding hydrogens is 470 g/mol. The molecule has 4 aromatic rings. The molecule has 7 nitrogen and oxygen atoms in total. The van der Waals surface area contributed by atoms with Gasteiger partial charge in [0.1, 0.15) is 5.76 Å². The number of para-hydroxylation sites is 1. The first-order valence-corrected chi connectivity index (χ1v) is 12.6. The summed E-state index contributed by atoms with van der Waals surface area (Å²) in [5.41, 5.74) is 3.96. The number of aryl methyl sites for hydroxylation is 1. The van der Waals surface area contributed by atoms with Crippen molar-refractivity contribution in [3.63, 3.8) is 0 Å². The van der Waals surface area contributed by atoms with E-state index < -0.39 is 0 Å². The molecule has 0 radical (unpaired) electrons. The lowest BCUT2D eigenvalue weighted by Gasteiger charge is -2.28. The van der Waals surface area contributed by atoms with Gasteiger partial charge in [-0.05, 0) is 66.7 Å². The van der Waals surface area contributed by atoms with E-state index in [4.69, 9.17) is 16.6 Å². The maximum absolute atomic E-state index is 12.9. The number of rotatable bonds is 9. The van der Waals surface area contributed by atoms with E-state index in [1.165, 1.54) is 0 Å². The zero-order valence-corrected chi connectivity index (χ0v) is 20.9. The van der Waals surface area contributed by atoms with Crippen LogP contribution in [0.1, 0.15) is 48.1 Å².